The van der Waals surface area contributed by atoms with Crippen LogP contribution in [0.3, 0.4) is 0 Å². The third kappa shape index (κ3) is 3.86. The molecule has 2 saturated heterocycles. The molecule has 2 atom stereocenters. The summed E-state index contributed by atoms with van der Waals surface area (Å²) in [6.07, 6.45) is 8.48. The monoisotopic (exact) mass is 675 g/mol. The fourth-order valence-electron chi connectivity index (χ4n) is 7.62. The van der Waals surface area contributed by atoms with Crippen molar-refractivity contribution >= 4 is 73.0 Å². The van der Waals surface area contributed by atoms with E-state index in [4.69, 9.17) is 22.2 Å². The van der Waals surface area contributed by atoms with E-state index in [1.54, 1.807) is 0 Å². The first-order valence-corrected chi connectivity index (χ1v) is 35.5. The molecule has 1 radical (unpaired) electrons. The van der Waals surface area contributed by atoms with Gasteiger partial charge in [-0.25, -0.2) is 0 Å². The van der Waals surface area contributed by atoms with Gasteiger partial charge in [0, 0.05) is 0 Å². The molecule has 6 heteroatoms. The predicted octanol–water partition coefficient (Wildman–Crippen LogP) is 8.47. The van der Waals surface area contributed by atoms with Gasteiger partial charge in [0.25, 0.3) is 0 Å². The van der Waals surface area contributed by atoms with Gasteiger partial charge in [-0.1, -0.05) is 0 Å². The first kappa shape index (κ1) is 24.5. The molecule has 0 saturated carbocycles. The second-order valence-electron chi connectivity index (χ2n) is 12.1. The van der Waals surface area contributed by atoms with Crippen LogP contribution in [0.1, 0.15) is 50.0 Å². The van der Waals surface area contributed by atoms with Gasteiger partial charge >= 0.3 is 207 Å². The molecule has 4 rings (SSSR count). The van der Waals surface area contributed by atoms with Crippen LogP contribution >= 0.6 is 22.2 Å². The van der Waals surface area contributed by atoms with Crippen molar-refractivity contribution in [3.8, 4) is 0 Å². The summed E-state index contributed by atoms with van der Waals surface area (Å²) in [4.78, 5) is 16.0. The molecule has 30 heavy (non-hydrogen) atoms. The fourth-order valence-corrected chi connectivity index (χ4v) is 42.8. The van der Waals surface area contributed by atoms with Crippen molar-refractivity contribution in [3.63, 3.8) is 0 Å². The van der Waals surface area contributed by atoms with E-state index in [0.29, 0.717) is 12.6 Å². The summed E-state index contributed by atoms with van der Waals surface area (Å²) < 4.78 is 2.13. The zero-order valence-electron chi connectivity index (χ0n) is 19.7. The zero-order chi connectivity index (χ0) is 21.9. The van der Waals surface area contributed by atoms with Gasteiger partial charge in [-0.3, -0.25) is 0 Å². The summed E-state index contributed by atoms with van der Waals surface area (Å²) in [5.74, 6) is 2.14. The van der Waals surface area contributed by atoms with Gasteiger partial charge in [-0.2, -0.15) is 0 Å². The average molecular weight is 674 g/mol. The van der Waals surface area contributed by atoms with E-state index in [1.807, 2.05) is 9.06 Å². The van der Waals surface area contributed by atoms with Gasteiger partial charge in [-0.05, 0) is 0 Å². The Morgan fingerprint density at radius 1 is 0.900 bits per heavy atom. The Morgan fingerprint density at radius 2 is 1.47 bits per heavy atom. The number of hydrogen-bond donors (Lipinski definition) is 0. The molecule has 0 spiro atoms. The van der Waals surface area contributed by atoms with E-state index in [1.165, 1.54) is 44.1 Å². The van der Waals surface area contributed by atoms with Crippen molar-refractivity contribution in [2.75, 3.05) is 0 Å². The van der Waals surface area contributed by atoms with Crippen molar-refractivity contribution in [3.05, 3.63) is 45.0 Å². The summed E-state index contributed by atoms with van der Waals surface area (Å²) in [5, 5.41) is 0. The standard InChI is InChI=1S/C18H20BCl2Si.6CH3.2Sn/c20-22(21)18-16(13-6-2-1-3-7-13)12-17-14-8-4-10-15(19(17)18)11-5-9-14;;;;;;;;/h1-3,6-7,14-16H,4-5,8-11H2;6*1H3;;/t14?,15?,16-;;;;;;;;/m0......../s1. The van der Waals surface area contributed by atoms with Crippen LogP contribution in [-0.2, 0) is 0 Å². The van der Waals surface area contributed by atoms with Crippen molar-refractivity contribution in [2.24, 2.45) is 5.92 Å². The number of halogens is 2. The van der Waals surface area contributed by atoms with Gasteiger partial charge in [0.2, 0.25) is 0 Å². The first-order valence-electron chi connectivity index (χ1n) is 12.0. The molecule has 3 aliphatic rings. The van der Waals surface area contributed by atoms with Crippen LogP contribution in [-0.4, -0.2) is 50.9 Å². The summed E-state index contributed by atoms with van der Waals surface area (Å²) in [6.45, 7) is 0.684. The molecule has 0 aliphatic carbocycles. The fraction of sp³-hybridized carbons (Fsp3) is 0.667. The summed E-state index contributed by atoms with van der Waals surface area (Å²) in [5.41, 5.74) is 3.48. The van der Waals surface area contributed by atoms with E-state index in [0.717, 1.165) is 11.7 Å². The normalized spacial score (nSPS) is 32.4. The van der Waals surface area contributed by atoms with Gasteiger partial charge in [-0.15, -0.1) is 0 Å². The average Bonchev–Trinajstić information content (AvgIpc) is 2.74. The Labute approximate surface area is 204 Å². The molecule has 2 bridgehead atoms. The molecule has 0 N–H and O–H groups in total. The topological polar surface area (TPSA) is 0 Å². The molecule has 0 aromatic heterocycles. The van der Waals surface area contributed by atoms with Gasteiger partial charge in [0.1, 0.15) is 0 Å². The maximum atomic E-state index is 7.37. The third-order valence-electron chi connectivity index (χ3n) is 8.54. The summed E-state index contributed by atoms with van der Waals surface area (Å²) in [6, 6.07) is 11.5. The molecule has 1 aromatic rings. The quantitative estimate of drug-likeness (QED) is 0.222. The van der Waals surface area contributed by atoms with Crippen LogP contribution in [0.5, 0.6) is 0 Å². The Kier molecular flexibility index (Phi) is 7.27. The molecule has 163 valence electrons. The molecular formula is C24H38BCl2SiSn2. The Hall–Kier alpha value is 1.42. The summed E-state index contributed by atoms with van der Waals surface area (Å²) in [7, 11) is -1.51. The zero-order valence-corrected chi connectivity index (χ0v) is 27.9. The number of rotatable bonds is 4. The van der Waals surface area contributed by atoms with Crippen LogP contribution in [0.15, 0.2) is 39.4 Å². The van der Waals surface area contributed by atoms with E-state index in [-0.39, 0.29) is 2.95 Å². The Morgan fingerprint density at radius 3 is 1.93 bits per heavy atom. The van der Waals surface area contributed by atoms with E-state index < -0.39 is 44.2 Å². The van der Waals surface area contributed by atoms with Gasteiger partial charge in [0.15, 0.2) is 0 Å². The van der Waals surface area contributed by atoms with Crippen LogP contribution in [0.2, 0.25) is 38.4 Å². The van der Waals surface area contributed by atoms with Crippen LogP contribution < -0.4 is 0 Å². The van der Waals surface area contributed by atoms with E-state index in [9.17, 15) is 0 Å². The molecule has 2 fully saturated rings. The van der Waals surface area contributed by atoms with E-state index >= 15 is 0 Å². The van der Waals surface area contributed by atoms with Gasteiger partial charge < -0.3 is 0 Å². The molecule has 3 heterocycles. The van der Waals surface area contributed by atoms with Crippen molar-refractivity contribution in [2.45, 2.75) is 82.9 Å². The molecule has 3 aliphatic heterocycles. The molecule has 0 nitrogen and oxygen atoms in total. The Balaban J connectivity index is 2.12. The number of hydrogen-bond acceptors (Lipinski definition) is 0. The SMILES string of the molecule is [CH3][Sn]([CH3])([CH3])[C]1=C2B(C3CCCC2CCC3)[C@@]([Si](Cl)Cl)([Sn]([CH3])([CH3])[CH3])[C@@H]1c1ccccc1. The Bertz CT molecular complexity index is 805. The van der Waals surface area contributed by atoms with E-state index in [2.05, 4.69) is 60.0 Å². The van der Waals surface area contributed by atoms with Gasteiger partial charge in [0.05, 0.1) is 0 Å². The minimum atomic E-state index is -2.64. The summed E-state index contributed by atoms with van der Waals surface area (Å²) >= 11 is 9.66. The van der Waals surface area contributed by atoms with Crippen molar-refractivity contribution < 1.29 is 0 Å². The third-order valence-corrected chi connectivity index (χ3v) is 36.6. The minimum absolute atomic E-state index is 0.177. The van der Waals surface area contributed by atoms with Crippen LogP contribution in [0, 0.1) is 5.92 Å². The van der Waals surface area contributed by atoms with Crippen molar-refractivity contribution in [1.29, 1.82) is 0 Å². The van der Waals surface area contributed by atoms with Crippen LogP contribution in [0.25, 0.3) is 0 Å². The maximum absolute atomic E-state index is 7.37. The second-order valence-corrected chi connectivity index (χ2v) is 47.3. The number of allylic oxidation sites excluding steroid dienone is 2. The second kappa shape index (κ2) is 8.89. The van der Waals surface area contributed by atoms with Crippen molar-refractivity contribution in [1.82, 2.24) is 0 Å². The number of benzene rings is 1. The molecule has 0 unspecified atom stereocenters. The van der Waals surface area contributed by atoms with Crippen LogP contribution in [0.4, 0.5) is 0 Å². The molecular weight excluding hydrogens is 635 g/mol. The molecule has 0 amide bonds. The molecule has 1 aromatic carbocycles. The first-order chi connectivity index (χ1) is 14.0. The predicted molar refractivity (Wildman–Crippen MR) is 144 cm³/mol.